The Hall–Kier alpha value is -2.73. The van der Waals surface area contributed by atoms with Crippen LogP contribution in [0.4, 0.5) is 10.1 Å². The van der Waals surface area contributed by atoms with Gasteiger partial charge in [-0.3, -0.25) is 0 Å². The van der Waals surface area contributed by atoms with Crippen LogP contribution in [0.1, 0.15) is 42.9 Å². The molecule has 0 radical (unpaired) electrons. The van der Waals surface area contributed by atoms with E-state index in [-0.39, 0.29) is 5.82 Å². The van der Waals surface area contributed by atoms with Crippen molar-refractivity contribution in [2.75, 3.05) is 11.9 Å². The van der Waals surface area contributed by atoms with E-state index in [0.29, 0.717) is 29.7 Å². The van der Waals surface area contributed by atoms with E-state index in [9.17, 15) is 4.39 Å². The van der Waals surface area contributed by atoms with Gasteiger partial charge < -0.3 is 14.8 Å². The Morgan fingerprint density at radius 2 is 2.00 bits per heavy atom. The Morgan fingerprint density at radius 3 is 2.70 bits per heavy atom. The van der Waals surface area contributed by atoms with Crippen molar-refractivity contribution in [3.05, 3.63) is 83.7 Å². The molecule has 0 aliphatic rings. The van der Waals surface area contributed by atoms with Crippen LogP contribution < -0.4 is 5.32 Å². The minimum absolute atomic E-state index is 0.210. The van der Waals surface area contributed by atoms with Gasteiger partial charge >= 0.3 is 0 Å². The highest BCUT2D eigenvalue weighted by Gasteiger charge is 2.16. The molecule has 3 aromatic rings. The van der Waals surface area contributed by atoms with Gasteiger partial charge in [0.05, 0.1) is 6.33 Å². The van der Waals surface area contributed by atoms with Crippen LogP contribution in [0.2, 0.25) is 0 Å². The van der Waals surface area contributed by atoms with Crippen LogP contribution in [-0.4, -0.2) is 26.1 Å². The second kappa shape index (κ2) is 10.3. The van der Waals surface area contributed by atoms with Gasteiger partial charge in [-0.1, -0.05) is 44.2 Å². The van der Waals surface area contributed by atoms with Crippen molar-refractivity contribution in [1.29, 1.82) is 0 Å². The quantitative estimate of drug-likeness (QED) is 0.467. The third-order valence-electron chi connectivity index (χ3n) is 5.15. The van der Waals surface area contributed by atoms with Gasteiger partial charge in [-0.05, 0) is 54.7 Å². The molecule has 0 bridgehead atoms. The SMILES string of the molecule is Cc1cccc(NC(=S)N(CCCn2ccnc2)Cc2ccccc2F)c1C(C)C. The normalized spacial score (nSPS) is 11.0. The number of aryl methyl sites for hydroxylation is 2. The van der Waals surface area contributed by atoms with E-state index in [1.807, 2.05) is 33.9 Å². The zero-order valence-corrected chi connectivity index (χ0v) is 18.6. The molecule has 0 spiro atoms. The Kier molecular flexibility index (Phi) is 7.57. The first kappa shape index (κ1) is 22.0. The molecule has 0 unspecified atom stereocenters. The second-order valence-electron chi connectivity index (χ2n) is 7.79. The predicted octanol–water partition coefficient (Wildman–Crippen LogP) is 5.74. The smallest absolute Gasteiger partial charge is 0.173 e. The number of imidazole rings is 1. The maximum Gasteiger partial charge on any atom is 0.173 e. The Balaban J connectivity index is 1.77. The summed E-state index contributed by atoms with van der Waals surface area (Å²) in [5.74, 6) is 0.163. The van der Waals surface area contributed by atoms with Crippen molar-refractivity contribution in [1.82, 2.24) is 14.5 Å². The maximum atomic E-state index is 14.3. The van der Waals surface area contributed by atoms with E-state index in [0.717, 1.165) is 18.7 Å². The number of nitrogens with one attached hydrogen (secondary N) is 1. The molecule has 4 nitrogen and oxygen atoms in total. The van der Waals surface area contributed by atoms with E-state index in [2.05, 4.69) is 43.2 Å². The molecular weight excluding hydrogens is 395 g/mol. The van der Waals surface area contributed by atoms with E-state index in [1.54, 1.807) is 18.6 Å². The topological polar surface area (TPSA) is 33.1 Å². The molecule has 0 atom stereocenters. The van der Waals surface area contributed by atoms with Gasteiger partial charge in [0, 0.05) is 43.3 Å². The molecule has 1 N–H and O–H groups in total. The predicted molar refractivity (Wildman–Crippen MR) is 125 cm³/mol. The molecule has 1 heterocycles. The summed E-state index contributed by atoms with van der Waals surface area (Å²) in [5.41, 5.74) is 4.14. The first-order valence-electron chi connectivity index (χ1n) is 10.3. The third kappa shape index (κ3) is 5.66. The second-order valence-corrected chi connectivity index (χ2v) is 8.17. The Labute approximate surface area is 183 Å². The number of halogens is 1. The number of thiocarbonyl (C=S) groups is 1. The van der Waals surface area contributed by atoms with Crippen LogP contribution >= 0.6 is 12.2 Å². The largest absolute Gasteiger partial charge is 0.345 e. The van der Waals surface area contributed by atoms with Gasteiger partial charge in [0.25, 0.3) is 0 Å². The first-order valence-corrected chi connectivity index (χ1v) is 10.7. The van der Waals surface area contributed by atoms with Crippen molar-refractivity contribution < 1.29 is 4.39 Å². The lowest BCUT2D eigenvalue weighted by Gasteiger charge is -2.28. The van der Waals surface area contributed by atoms with Crippen LogP contribution in [0, 0.1) is 12.7 Å². The molecule has 0 amide bonds. The van der Waals surface area contributed by atoms with Gasteiger partial charge in [0.15, 0.2) is 5.11 Å². The van der Waals surface area contributed by atoms with Crippen molar-refractivity contribution in [3.63, 3.8) is 0 Å². The van der Waals surface area contributed by atoms with E-state index in [1.165, 1.54) is 17.2 Å². The lowest BCUT2D eigenvalue weighted by atomic mass is 9.96. The highest BCUT2D eigenvalue weighted by atomic mass is 32.1. The van der Waals surface area contributed by atoms with Crippen molar-refractivity contribution in [3.8, 4) is 0 Å². The summed E-state index contributed by atoms with van der Waals surface area (Å²) in [6, 6.07) is 13.1. The van der Waals surface area contributed by atoms with Crippen molar-refractivity contribution in [2.45, 2.75) is 46.2 Å². The summed E-state index contributed by atoms with van der Waals surface area (Å²) in [6.07, 6.45) is 6.39. The number of benzene rings is 2. The fourth-order valence-corrected chi connectivity index (χ4v) is 3.96. The summed E-state index contributed by atoms with van der Waals surface area (Å²) in [6.45, 7) is 8.44. The third-order valence-corrected chi connectivity index (χ3v) is 5.51. The molecule has 0 saturated carbocycles. The monoisotopic (exact) mass is 424 g/mol. The summed E-state index contributed by atoms with van der Waals surface area (Å²) < 4.78 is 16.3. The highest BCUT2D eigenvalue weighted by molar-refractivity contribution is 7.80. The number of rotatable bonds is 8. The summed E-state index contributed by atoms with van der Waals surface area (Å²) in [4.78, 5) is 6.13. The molecule has 30 heavy (non-hydrogen) atoms. The number of hydrogen-bond acceptors (Lipinski definition) is 2. The van der Waals surface area contributed by atoms with Crippen molar-refractivity contribution >= 4 is 23.0 Å². The fourth-order valence-electron chi connectivity index (χ4n) is 3.70. The molecule has 0 fully saturated rings. The highest BCUT2D eigenvalue weighted by Crippen LogP contribution is 2.28. The lowest BCUT2D eigenvalue weighted by Crippen LogP contribution is -2.36. The Bertz CT molecular complexity index is 969. The summed E-state index contributed by atoms with van der Waals surface area (Å²) >= 11 is 5.78. The lowest BCUT2D eigenvalue weighted by molar-refractivity contribution is 0.388. The number of nitrogens with zero attached hydrogens (tertiary/aromatic N) is 3. The fraction of sp³-hybridized carbons (Fsp3) is 0.333. The Morgan fingerprint density at radius 1 is 1.20 bits per heavy atom. The van der Waals surface area contributed by atoms with Crippen LogP contribution in [0.15, 0.2) is 61.2 Å². The number of aromatic nitrogens is 2. The van der Waals surface area contributed by atoms with Gasteiger partial charge in [-0.2, -0.15) is 0 Å². The number of anilines is 1. The molecule has 2 aromatic carbocycles. The van der Waals surface area contributed by atoms with Crippen LogP contribution in [0.3, 0.4) is 0 Å². The molecule has 1 aromatic heterocycles. The zero-order valence-electron chi connectivity index (χ0n) is 17.8. The molecule has 0 saturated heterocycles. The minimum Gasteiger partial charge on any atom is -0.345 e. The van der Waals surface area contributed by atoms with Gasteiger partial charge in [0.1, 0.15) is 5.82 Å². The molecule has 158 valence electrons. The summed E-state index contributed by atoms with van der Waals surface area (Å²) in [7, 11) is 0. The molecule has 3 rings (SSSR count). The average molecular weight is 425 g/mol. The van der Waals surface area contributed by atoms with Gasteiger partial charge in [-0.15, -0.1) is 0 Å². The standard InChI is InChI=1S/C24H29FN4S/c1-18(2)23-19(3)8-6-11-22(23)27-24(30)29(14-7-13-28-15-12-26-17-28)16-20-9-4-5-10-21(20)25/h4-6,8-12,15,17-18H,7,13-14,16H2,1-3H3,(H,27,30). The average Bonchev–Trinajstić information content (AvgIpc) is 3.22. The van der Waals surface area contributed by atoms with E-state index >= 15 is 0 Å². The maximum absolute atomic E-state index is 14.3. The molecule has 0 aliphatic heterocycles. The van der Waals surface area contributed by atoms with Crippen LogP contribution in [0.5, 0.6) is 0 Å². The number of hydrogen-bond donors (Lipinski definition) is 1. The zero-order chi connectivity index (χ0) is 21.5. The van der Waals surface area contributed by atoms with Gasteiger partial charge in [-0.25, -0.2) is 9.37 Å². The van der Waals surface area contributed by atoms with Crippen molar-refractivity contribution in [2.24, 2.45) is 0 Å². The minimum atomic E-state index is -0.210. The molecule has 0 aliphatic carbocycles. The van der Waals surface area contributed by atoms with E-state index < -0.39 is 0 Å². The van der Waals surface area contributed by atoms with Gasteiger partial charge in [0.2, 0.25) is 0 Å². The van der Waals surface area contributed by atoms with Crippen LogP contribution in [-0.2, 0) is 13.1 Å². The molecular formula is C24H29FN4S. The van der Waals surface area contributed by atoms with E-state index in [4.69, 9.17) is 12.2 Å². The summed E-state index contributed by atoms with van der Waals surface area (Å²) in [5, 5.41) is 4.04. The molecule has 6 heteroatoms. The first-order chi connectivity index (χ1) is 14.5. The van der Waals surface area contributed by atoms with Crippen LogP contribution in [0.25, 0.3) is 0 Å².